The summed E-state index contributed by atoms with van der Waals surface area (Å²) in [5.41, 5.74) is 5.11. The summed E-state index contributed by atoms with van der Waals surface area (Å²) in [5.74, 6) is 0.865. The molecule has 1 aliphatic carbocycles. The average molecular weight is 408 g/mol. The Morgan fingerprint density at radius 2 is 2.07 bits per heavy atom. The van der Waals surface area contributed by atoms with Crippen LogP contribution >= 0.6 is 0 Å². The molecule has 1 unspecified atom stereocenters. The molecule has 158 valence electrons. The zero-order chi connectivity index (χ0) is 20.5. The smallest absolute Gasteiger partial charge is 0.211 e. The van der Waals surface area contributed by atoms with Crippen LogP contribution in [0.1, 0.15) is 41.5 Å². The Bertz CT molecular complexity index is 1030. The van der Waals surface area contributed by atoms with Crippen LogP contribution in [0.5, 0.6) is 0 Å². The number of fused-ring (bicyclic) bond motifs is 2. The number of aryl methyl sites for hydroxylation is 1. The average Bonchev–Trinajstić information content (AvgIpc) is 3.16. The summed E-state index contributed by atoms with van der Waals surface area (Å²) in [6.45, 7) is 4.27. The van der Waals surface area contributed by atoms with Crippen molar-refractivity contribution in [2.75, 3.05) is 38.1 Å². The van der Waals surface area contributed by atoms with Crippen LogP contribution in [-0.4, -0.2) is 62.6 Å². The molecule has 1 aliphatic heterocycles. The normalized spacial score (nSPS) is 19.4. The van der Waals surface area contributed by atoms with Gasteiger partial charge < -0.3 is 15.3 Å². The number of piperazine rings is 1. The third-order valence-corrected chi connectivity index (χ3v) is 6.34. The Hall–Kier alpha value is -2.55. The molecule has 1 saturated heterocycles. The van der Waals surface area contributed by atoms with Gasteiger partial charge in [-0.2, -0.15) is 0 Å². The summed E-state index contributed by atoms with van der Waals surface area (Å²) in [6.07, 6.45) is 7.07. The fourth-order valence-electron chi connectivity index (χ4n) is 4.82. The van der Waals surface area contributed by atoms with Gasteiger partial charge in [-0.05, 0) is 44.0 Å². The lowest BCUT2D eigenvalue weighted by Crippen LogP contribution is -2.44. The van der Waals surface area contributed by atoms with Crippen LogP contribution in [-0.2, 0) is 19.6 Å². The van der Waals surface area contributed by atoms with E-state index < -0.39 is 0 Å². The summed E-state index contributed by atoms with van der Waals surface area (Å²) in [6, 6.07) is 6.42. The van der Waals surface area contributed by atoms with Gasteiger partial charge in [0.1, 0.15) is 5.65 Å². The van der Waals surface area contributed by atoms with Gasteiger partial charge in [0, 0.05) is 45.1 Å². The second-order valence-corrected chi connectivity index (χ2v) is 8.21. The Morgan fingerprint density at radius 3 is 2.90 bits per heavy atom. The number of aromatic nitrogens is 4. The maximum atomic E-state index is 10.3. The van der Waals surface area contributed by atoms with E-state index in [2.05, 4.69) is 38.2 Å². The fourth-order valence-corrected chi connectivity index (χ4v) is 4.82. The number of hydrogen-bond acceptors (Lipinski definition) is 7. The molecule has 0 bridgehead atoms. The van der Waals surface area contributed by atoms with Gasteiger partial charge in [0.25, 0.3) is 0 Å². The molecule has 0 amide bonds. The quantitative estimate of drug-likeness (QED) is 0.664. The van der Waals surface area contributed by atoms with Crippen molar-refractivity contribution < 1.29 is 5.11 Å². The molecule has 3 aromatic heterocycles. The first-order chi connectivity index (χ1) is 14.8. The molecule has 3 aromatic rings. The lowest BCUT2D eigenvalue weighted by molar-refractivity contribution is 0.203. The van der Waals surface area contributed by atoms with E-state index in [4.69, 9.17) is 4.98 Å². The molecule has 1 fully saturated rings. The van der Waals surface area contributed by atoms with Crippen molar-refractivity contribution in [1.82, 2.24) is 29.6 Å². The minimum absolute atomic E-state index is 0.0609. The van der Waals surface area contributed by atoms with E-state index in [0.717, 1.165) is 62.0 Å². The number of pyridine rings is 1. The highest BCUT2D eigenvalue weighted by Crippen LogP contribution is 2.33. The van der Waals surface area contributed by atoms with E-state index in [1.807, 2.05) is 28.9 Å². The van der Waals surface area contributed by atoms with Gasteiger partial charge in [-0.15, -0.1) is 0 Å². The summed E-state index contributed by atoms with van der Waals surface area (Å²) < 4.78 is 2.03. The van der Waals surface area contributed by atoms with E-state index in [9.17, 15) is 5.11 Å². The van der Waals surface area contributed by atoms with Crippen molar-refractivity contribution in [3.05, 3.63) is 53.2 Å². The van der Waals surface area contributed by atoms with Gasteiger partial charge in [-0.3, -0.25) is 14.3 Å². The molecule has 2 N–H and O–H groups in total. The van der Waals surface area contributed by atoms with E-state index in [1.54, 1.807) is 0 Å². The maximum absolute atomic E-state index is 10.3. The predicted octanol–water partition coefficient (Wildman–Crippen LogP) is 1.54. The van der Waals surface area contributed by atoms with Crippen molar-refractivity contribution >= 4 is 11.6 Å². The molecule has 0 radical (unpaired) electrons. The largest absolute Gasteiger partial charge is 0.390 e. The molecular formula is C22H29N7O. The highest BCUT2D eigenvalue weighted by Gasteiger charge is 2.27. The zero-order valence-corrected chi connectivity index (χ0v) is 17.5. The lowest BCUT2D eigenvalue weighted by atomic mass is 9.91. The van der Waals surface area contributed by atoms with Gasteiger partial charge >= 0.3 is 0 Å². The maximum Gasteiger partial charge on any atom is 0.211 e. The van der Waals surface area contributed by atoms with Crippen molar-refractivity contribution in [2.45, 2.75) is 38.5 Å². The van der Waals surface area contributed by atoms with E-state index in [1.165, 1.54) is 17.7 Å². The molecule has 5 rings (SSSR count). The Labute approximate surface area is 176 Å². The van der Waals surface area contributed by atoms with Gasteiger partial charge in [0.15, 0.2) is 0 Å². The van der Waals surface area contributed by atoms with Gasteiger partial charge in [-0.25, -0.2) is 9.97 Å². The van der Waals surface area contributed by atoms with Crippen LogP contribution in [0.3, 0.4) is 0 Å². The first-order valence-electron chi connectivity index (χ1n) is 10.8. The molecule has 30 heavy (non-hydrogen) atoms. The van der Waals surface area contributed by atoms with Crippen LogP contribution in [0, 0.1) is 0 Å². The molecule has 8 nitrogen and oxygen atoms in total. The summed E-state index contributed by atoms with van der Waals surface area (Å²) >= 11 is 0. The molecular weight excluding hydrogens is 378 g/mol. The molecule has 4 heterocycles. The molecule has 2 aliphatic rings. The minimum atomic E-state index is -0.0609. The summed E-state index contributed by atoms with van der Waals surface area (Å²) in [5, 5.41) is 13.6. The summed E-state index contributed by atoms with van der Waals surface area (Å²) in [4.78, 5) is 18.8. The topological polar surface area (TPSA) is 81.8 Å². The number of nitrogens with one attached hydrogen (secondary N) is 1. The standard InChI is InChI=1S/C22H29N7O/c1-27(18-6-2-4-16-5-3-8-24-21(16)18)14-17-19(15-30)29-20(26-17)7-9-25-22(29)28-12-10-23-11-13-28/h3,5,7-9,18,23,30H,2,4,6,10-15H2,1H3. The Balaban J connectivity index is 1.48. The van der Waals surface area contributed by atoms with Crippen molar-refractivity contribution in [3.8, 4) is 0 Å². The first-order valence-corrected chi connectivity index (χ1v) is 10.8. The number of rotatable bonds is 5. The zero-order valence-electron chi connectivity index (χ0n) is 17.5. The first kappa shape index (κ1) is 19.4. The van der Waals surface area contributed by atoms with E-state index in [-0.39, 0.29) is 12.6 Å². The molecule has 0 saturated carbocycles. The lowest BCUT2D eigenvalue weighted by Gasteiger charge is -2.32. The summed E-state index contributed by atoms with van der Waals surface area (Å²) in [7, 11) is 2.13. The number of nitrogens with zero attached hydrogens (tertiary/aromatic N) is 6. The number of aliphatic hydroxyl groups is 1. The molecule has 1 atom stereocenters. The predicted molar refractivity (Wildman–Crippen MR) is 115 cm³/mol. The minimum Gasteiger partial charge on any atom is -0.390 e. The van der Waals surface area contributed by atoms with Crippen LogP contribution in [0.15, 0.2) is 30.6 Å². The van der Waals surface area contributed by atoms with Gasteiger partial charge in [0.05, 0.1) is 29.7 Å². The Kier molecular flexibility index (Phi) is 5.37. The number of imidazole rings is 1. The molecule has 0 spiro atoms. The highest BCUT2D eigenvalue weighted by atomic mass is 16.3. The van der Waals surface area contributed by atoms with Crippen molar-refractivity contribution in [3.63, 3.8) is 0 Å². The highest BCUT2D eigenvalue weighted by molar-refractivity contribution is 5.51. The number of anilines is 1. The van der Waals surface area contributed by atoms with Crippen LogP contribution in [0.4, 0.5) is 5.95 Å². The van der Waals surface area contributed by atoms with Gasteiger partial charge in [-0.1, -0.05) is 6.07 Å². The third kappa shape index (κ3) is 3.45. The second-order valence-electron chi connectivity index (χ2n) is 8.21. The third-order valence-electron chi connectivity index (χ3n) is 6.34. The Morgan fingerprint density at radius 1 is 1.20 bits per heavy atom. The van der Waals surface area contributed by atoms with E-state index in [0.29, 0.717) is 6.54 Å². The number of hydrogen-bond donors (Lipinski definition) is 2. The van der Waals surface area contributed by atoms with E-state index >= 15 is 0 Å². The van der Waals surface area contributed by atoms with Crippen molar-refractivity contribution in [2.24, 2.45) is 0 Å². The SMILES string of the molecule is CN(Cc1nc2ccnc(N3CCNCC3)n2c1CO)C1CCCc2cccnc21. The van der Waals surface area contributed by atoms with Gasteiger partial charge in [0.2, 0.25) is 5.95 Å². The molecule has 0 aromatic carbocycles. The van der Waals surface area contributed by atoms with Crippen LogP contribution in [0.2, 0.25) is 0 Å². The van der Waals surface area contributed by atoms with Crippen LogP contribution in [0.25, 0.3) is 5.65 Å². The monoisotopic (exact) mass is 407 g/mol. The van der Waals surface area contributed by atoms with Crippen molar-refractivity contribution in [1.29, 1.82) is 0 Å². The number of aliphatic hydroxyl groups excluding tert-OH is 1. The fraction of sp³-hybridized carbons (Fsp3) is 0.500. The second kappa shape index (κ2) is 8.29. The van der Waals surface area contributed by atoms with Crippen LogP contribution < -0.4 is 10.2 Å². The molecule has 8 heteroatoms.